The predicted molar refractivity (Wildman–Crippen MR) is 82.0 cm³/mol. The first kappa shape index (κ1) is 15.8. The fourth-order valence-corrected chi connectivity index (χ4v) is 3.04. The number of ether oxygens (including phenoxy) is 1. The first-order valence-corrected chi connectivity index (χ1v) is 7.62. The van der Waals surface area contributed by atoms with Gasteiger partial charge in [-0.1, -0.05) is 28.9 Å². The molecule has 1 heterocycles. The van der Waals surface area contributed by atoms with Crippen molar-refractivity contribution in [2.24, 2.45) is 5.92 Å². The highest BCUT2D eigenvalue weighted by molar-refractivity contribution is 9.09. The van der Waals surface area contributed by atoms with Gasteiger partial charge in [0.15, 0.2) is 0 Å². The third kappa shape index (κ3) is 3.18. The molecular weight excluding hydrogens is 340 g/mol. The van der Waals surface area contributed by atoms with Crippen LogP contribution in [0.5, 0.6) is 5.75 Å². The molecule has 0 radical (unpaired) electrons. The van der Waals surface area contributed by atoms with Crippen LogP contribution in [-0.2, 0) is 0 Å². The van der Waals surface area contributed by atoms with Gasteiger partial charge < -0.3 is 9.64 Å². The van der Waals surface area contributed by atoms with Crippen LogP contribution in [0.25, 0.3) is 0 Å². The first-order chi connectivity index (χ1) is 9.95. The van der Waals surface area contributed by atoms with E-state index in [0.29, 0.717) is 19.0 Å². The fraction of sp³-hybridized carbons (Fsp3) is 0.500. The highest BCUT2D eigenvalue weighted by Gasteiger charge is 2.31. The van der Waals surface area contributed by atoms with E-state index >= 15 is 0 Å². The Morgan fingerprint density at radius 2 is 2.24 bits per heavy atom. The summed E-state index contributed by atoms with van der Waals surface area (Å²) in [5.41, 5.74) is 0.0464. The van der Waals surface area contributed by atoms with Crippen molar-refractivity contribution >= 4 is 27.5 Å². The third-order valence-corrected chi connectivity index (χ3v) is 4.97. The van der Waals surface area contributed by atoms with E-state index in [1.165, 1.54) is 19.2 Å². The Morgan fingerprint density at radius 1 is 1.52 bits per heavy atom. The summed E-state index contributed by atoms with van der Waals surface area (Å²) < 4.78 is 5.10. The number of hydrogen-bond acceptors (Lipinski definition) is 4. The minimum atomic E-state index is -0.540. The molecular formula is C14H17BrN2O4. The second-order valence-electron chi connectivity index (χ2n) is 5.15. The molecule has 0 saturated carbocycles. The maximum atomic E-state index is 12.6. The number of carbonyl (C=O) groups is 1. The summed E-state index contributed by atoms with van der Waals surface area (Å²) in [6, 6.07) is 4.41. The second kappa shape index (κ2) is 6.43. The van der Waals surface area contributed by atoms with Crippen molar-refractivity contribution in [1.82, 2.24) is 4.90 Å². The Hall–Kier alpha value is -1.63. The molecule has 0 bridgehead atoms. The molecule has 1 saturated heterocycles. The van der Waals surface area contributed by atoms with Crippen molar-refractivity contribution in [3.63, 3.8) is 0 Å². The standard InChI is InChI=1S/C14H17BrN2O4/c1-9-6-7-16(8-11(9)15)14(18)10-4-3-5-12(17(19)20)13(10)21-2/h3-5,9,11H,6-8H2,1-2H3. The van der Waals surface area contributed by atoms with Gasteiger partial charge in [0.1, 0.15) is 0 Å². The number of alkyl halides is 1. The molecule has 1 amide bonds. The van der Waals surface area contributed by atoms with Crippen molar-refractivity contribution < 1.29 is 14.5 Å². The highest BCUT2D eigenvalue weighted by atomic mass is 79.9. The van der Waals surface area contributed by atoms with Crippen LogP contribution < -0.4 is 4.74 Å². The summed E-state index contributed by atoms with van der Waals surface area (Å²) in [7, 11) is 1.34. The van der Waals surface area contributed by atoms with E-state index in [1.807, 2.05) is 0 Å². The molecule has 1 aliphatic heterocycles. The quantitative estimate of drug-likeness (QED) is 0.474. The molecule has 0 spiro atoms. The lowest BCUT2D eigenvalue weighted by Crippen LogP contribution is -2.43. The van der Waals surface area contributed by atoms with Crippen LogP contribution in [0.3, 0.4) is 0 Å². The van der Waals surface area contributed by atoms with Crippen molar-refractivity contribution in [3.8, 4) is 5.75 Å². The maximum Gasteiger partial charge on any atom is 0.311 e. The Bertz CT molecular complexity index is 564. The summed E-state index contributed by atoms with van der Waals surface area (Å²) in [5, 5.41) is 11.0. The van der Waals surface area contributed by atoms with E-state index in [-0.39, 0.29) is 27.7 Å². The lowest BCUT2D eigenvalue weighted by atomic mass is 9.98. The van der Waals surface area contributed by atoms with Crippen molar-refractivity contribution in [1.29, 1.82) is 0 Å². The van der Waals surface area contributed by atoms with Gasteiger partial charge in [-0.2, -0.15) is 0 Å². The first-order valence-electron chi connectivity index (χ1n) is 6.70. The van der Waals surface area contributed by atoms with Gasteiger partial charge in [0.05, 0.1) is 17.6 Å². The predicted octanol–water partition coefficient (Wildman–Crippen LogP) is 2.85. The summed E-state index contributed by atoms with van der Waals surface area (Å²) in [5.74, 6) is 0.296. The zero-order valence-electron chi connectivity index (χ0n) is 11.9. The SMILES string of the molecule is COc1c(C(=O)N2CCC(C)C(Br)C2)cccc1[N+](=O)[O-]. The second-order valence-corrected chi connectivity index (χ2v) is 6.32. The fourth-order valence-electron chi connectivity index (χ4n) is 2.43. The molecule has 0 N–H and O–H groups in total. The monoisotopic (exact) mass is 356 g/mol. The van der Waals surface area contributed by atoms with Gasteiger partial charge in [0.25, 0.3) is 5.91 Å². The minimum absolute atomic E-state index is 0.0252. The molecule has 114 valence electrons. The van der Waals surface area contributed by atoms with Gasteiger partial charge in [-0.25, -0.2) is 0 Å². The number of nitrogens with zero attached hydrogens (tertiary/aromatic N) is 2. The smallest absolute Gasteiger partial charge is 0.311 e. The van der Waals surface area contributed by atoms with Crippen LogP contribution in [0.15, 0.2) is 18.2 Å². The van der Waals surface area contributed by atoms with Crippen LogP contribution >= 0.6 is 15.9 Å². The van der Waals surface area contributed by atoms with E-state index in [0.717, 1.165) is 6.42 Å². The van der Waals surface area contributed by atoms with Crippen molar-refractivity contribution in [3.05, 3.63) is 33.9 Å². The maximum absolute atomic E-state index is 12.6. The molecule has 1 fully saturated rings. The Balaban J connectivity index is 2.31. The molecule has 1 aromatic rings. The third-order valence-electron chi connectivity index (χ3n) is 3.78. The Kier molecular flexibility index (Phi) is 4.82. The lowest BCUT2D eigenvalue weighted by Gasteiger charge is -2.34. The van der Waals surface area contributed by atoms with Crippen LogP contribution in [0, 0.1) is 16.0 Å². The number of amides is 1. The van der Waals surface area contributed by atoms with Crippen LogP contribution in [0.4, 0.5) is 5.69 Å². The van der Waals surface area contributed by atoms with Crippen LogP contribution in [0.1, 0.15) is 23.7 Å². The number of nitro groups is 1. The summed E-state index contributed by atoms with van der Waals surface area (Å²) in [4.78, 5) is 25.0. The molecule has 1 aliphatic rings. The van der Waals surface area contributed by atoms with Gasteiger partial charge in [-0.15, -0.1) is 0 Å². The molecule has 7 heteroatoms. The van der Waals surface area contributed by atoms with Gasteiger partial charge in [-0.05, 0) is 18.4 Å². The van der Waals surface area contributed by atoms with Gasteiger partial charge >= 0.3 is 5.69 Å². The van der Waals surface area contributed by atoms with Crippen molar-refractivity contribution in [2.45, 2.75) is 18.2 Å². The van der Waals surface area contributed by atoms with Crippen LogP contribution in [-0.4, -0.2) is 40.8 Å². The van der Waals surface area contributed by atoms with Gasteiger partial charge in [0.2, 0.25) is 5.75 Å². The Morgan fingerprint density at radius 3 is 2.81 bits per heavy atom. The van der Waals surface area contributed by atoms with E-state index in [4.69, 9.17) is 4.74 Å². The number of methoxy groups -OCH3 is 1. The molecule has 0 aliphatic carbocycles. The largest absolute Gasteiger partial charge is 0.490 e. The molecule has 0 aromatic heterocycles. The number of likely N-dealkylation sites (tertiary alicyclic amines) is 1. The van der Waals surface area contributed by atoms with E-state index in [2.05, 4.69) is 22.9 Å². The molecule has 2 unspecified atom stereocenters. The summed E-state index contributed by atoms with van der Waals surface area (Å²) >= 11 is 3.57. The summed E-state index contributed by atoms with van der Waals surface area (Å²) in [6.45, 7) is 3.37. The number of para-hydroxylation sites is 1. The van der Waals surface area contributed by atoms with E-state index < -0.39 is 4.92 Å². The number of halogens is 1. The average Bonchev–Trinajstić information content (AvgIpc) is 2.48. The van der Waals surface area contributed by atoms with E-state index in [1.54, 1.807) is 11.0 Å². The number of nitro benzene ring substituents is 1. The number of benzene rings is 1. The normalized spacial score (nSPS) is 22.0. The van der Waals surface area contributed by atoms with Gasteiger partial charge in [-0.3, -0.25) is 14.9 Å². The topological polar surface area (TPSA) is 72.7 Å². The molecule has 1 aromatic carbocycles. The molecule has 6 nitrogen and oxygen atoms in total. The Labute approximate surface area is 131 Å². The molecule has 2 rings (SSSR count). The zero-order valence-corrected chi connectivity index (χ0v) is 13.5. The number of piperidine rings is 1. The lowest BCUT2D eigenvalue weighted by molar-refractivity contribution is -0.385. The highest BCUT2D eigenvalue weighted by Crippen LogP contribution is 2.32. The van der Waals surface area contributed by atoms with Gasteiger partial charge in [0, 0.05) is 24.0 Å². The average molecular weight is 357 g/mol. The number of hydrogen-bond donors (Lipinski definition) is 0. The molecule has 2 atom stereocenters. The van der Waals surface area contributed by atoms with Crippen LogP contribution in [0.2, 0.25) is 0 Å². The number of rotatable bonds is 3. The molecule has 21 heavy (non-hydrogen) atoms. The minimum Gasteiger partial charge on any atom is -0.490 e. The van der Waals surface area contributed by atoms with Crippen molar-refractivity contribution in [2.75, 3.05) is 20.2 Å². The number of carbonyl (C=O) groups excluding carboxylic acids is 1. The zero-order chi connectivity index (χ0) is 15.6. The van der Waals surface area contributed by atoms with E-state index in [9.17, 15) is 14.9 Å². The summed E-state index contributed by atoms with van der Waals surface area (Å²) in [6.07, 6.45) is 0.902.